The fourth-order valence-electron chi connectivity index (χ4n) is 9.32. The molecule has 8 aromatic rings. The summed E-state index contributed by atoms with van der Waals surface area (Å²) in [7, 11) is 0. The topological polar surface area (TPSA) is 17.0 Å². The molecule has 11 rings (SSSR count). The number of rotatable bonds is 5. The molecule has 262 valence electrons. The molecule has 1 unspecified atom stereocenters. The Bertz CT molecular complexity index is 2980. The molecule has 1 atom stereocenters. The lowest BCUT2D eigenvalue weighted by Crippen LogP contribution is -2.22. The van der Waals surface area contributed by atoms with Crippen LogP contribution in [0.15, 0.2) is 187 Å². The van der Waals surface area contributed by atoms with Crippen molar-refractivity contribution in [3.8, 4) is 16.8 Å². The van der Waals surface area contributed by atoms with Gasteiger partial charge in [0, 0.05) is 27.9 Å². The van der Waals surface area contributed by atoms with E-state index in [0.29, 0.717) is 0 Å². The third-order valence-electron chi connectivity index (χ3n) is 11.9. The van der Waals surface area contributed by atoms with E-state index in [0.717, 1.165) is 31.4 Å². The Labute approximate surface area is 321 Å². The zero-order valence-corrected chi connectivity index (χ0v) is 30.7. The summed E-state index contributed by atoms with van der Waals surface area (Å²) in [5.74, 6) is 0. The Morgan fingerprint density at radius 2 is 1.35 bits per heavy atom. The Hall–Kier alpha value is -6.64. The van der Waals surface area contributed by atoms with Crippen LogP contribution in [-0.4, -0.2) is 4.57 Å². The van der Waals surface area contributed by atoms with Gasteiger partial charge in [0.2, 0.25) is 0 Å². The minimum absolute atomic E-state index is 0.0302. The number of aromatic nitrogens is 1. The highest BCUT2D eigenvalue weighted by Crippen LogP contribution is 2.45. The second kappa shape index (κ2) is 13.0. The number of dihydropyridines is 1. The van der Waals surface area contributed by atoms with Gasteiger partial charge in [0.15, 0.2) is 0 Å². The van der Waals surface area contributed by atoms with Crippen molar-refractivity contribution in [3.05, 3.63) is 210 Å². The zero-order chi connectivity index (χ0) is 36.3. The van der Waals surface area contributed by atoms with E-state index < -0.39 is 0 Å². The van der Waals surface area contributed by atoms with Crippen molar-refractivity contribution in [2.45, 2.75) is 31.7 Å². The van der Waals surface area contributed by atoms with E-state index in [1.807, 2.05) is 0 Å². The highest BCUT2D eigenvalue weighted by Gasteiger charge is 2.25. The zero-order valence-electron chi connectivity index (χ0n) is 30.7. The normalized spacial score (nSPS) is 16.6. The average molecular weight is 705 g/mol. The van der Waals surface area contributed by atoms with Crippen molar-refractivity contribution < 1.29 is 0 Å². The summed E-state index contributed by atoms with van der Waals surface area (Å²) in [6.45, 7) is 0. The minimum Gasteiger partial charge on any atom is -0.374 e. The lowest BCUT2D eigenvalue weighted by molar-refractivity contribution is 0.754. The fraction of sp³-hybridized carbons (Fsp3) is 0.0943. The van der Waals surface area contributed by atoms with Gasteiger partial charge in [0.05, 0.1) is 11.6 Å². The predicted octanol–water partition coefficient (Wildman–Crippen LogP) is 13.6. The predicted molar refractivity (Wildman–Crippen MR) is 233 cm³/mol. The molecule has 0 fully saturated rings. The van der Waals surface area contributed by atoms with Gasteiger partial charge in [-0.2, -0.15) is 0 Å². The molecule has 2 nitrogen and oxygen atoms in total. The first kappa shape index (κ1) is 31.8. The fourth-order valence-corrected chi connectivity index (χ4v) is 9.32. The summed E-state index contributed by atoms with van der Waals surface area (Å²) in [5, 5.41) is 13.3. The van der Waals surface area contributed by atoms with E-state index in [-0.39, 0.29) is 6.04 Å². The van der Waals surface area contributed by atoms with Gasteiger partial charge in [0.1, 0.15) is 0 Å². The maximum Gasteiger partial charge on any atom is 0.0707 e. The Balaban J connectivity index is 1.06. The van der Waals surface area contributed by atoms with E-state index in [4.69, 9.17) is 0 Å². The molecular weight excluding hydrogens is 665 g/mol. The van der Waals surface area contributed by atoms with Gasteiger partial charge in [-0.3, -0.25) is 0 Å². The van der Waals surface area contributed by atoms with Gasteiger partial charge >= 0.3 is 0 Å². The molecular formula is C53H40N2. The number of allylic oxidation sites excluding steroid dienone is 7. The second-order valence-corrected chi connectivity index (χ2v) is 15.1. The van der Waals surface area contributed by atoms with Gasteiger partial charge < -0.3 is 9.88 Å². The van der Waals surface area contributed by atoms with Crippen LogP contribution >= 0.6 is 0 Å². The van der Waals surface area contributed by atoms with Gasteiger partial charge in [-0.25, -0.2) is 0 Å². The lowest BCUT2D eigenvalue weighted by atomic mass is 9.89. The maximum atomic E-state index is 3.95. The standard InChI is InChI=1S/C53H40N2/c1-3-14-35(15-4-1)39-19-13-20-40(32-39)49-34-41(36-16-5-2-6-17-36)33-48(54-49)38-26-29-42(30-27-38)55-50-25-12-11-24-47(50)52-51-43-21-8-7-18-37(43)28-31-45(51)44-22-9-10-23-46(44)53(52)55/h1-5,7-10,12-16,18-23,25-34,48,54H,6,11,17,24H2. The van der Waals surface area contributed by atoms with E-state index in [9.17, 15) is 0 Å². The summed E-state index contributed by atoms with van der Waals surface area (Å²) >= 11 is 0. The molecule has 2 aliphatic carbocycles. The van der Waals surface area contributed by atoms with E-state index in [1.54, 1.807) is 0 Å². The number of hydrogen-bond acceptors (Lipinski definition) is 1. The van der Waals surface area contributed by atoms with E-state index >= 15 is 0 Å². The summed E-state index contributed by atoms with van der Waals surface area (Å²) in [6, 6.07) is 51.5. The Morgan fingerprint density at radius 3 is 2.20 bits per heavy atom. The number of hydrogen-bond donors (Lipinski definition) is 1. The number of aryl methyl sites for hydroxylation is 1. The number of benzene rings is 7. The molecule has 1 N–H and O–H groups in total. The monoisotopic (exact) mass is 704 g/mol. The van der Waals surface area contributed by atoms with Crippen molar-refractivity contribution >= 4 is 55.0 Å². The van der Waals surface area contributed by atoms with Crippen LogP contribution in [0.5, 0.6) is 0 Å². The first-order chi connectivity index (χ1) is 27.3. The molecule has 2 heterocycles. The SMILES string of the molecule is C1=CCCC(C2=CC(c3ccc(-n4c5c(c6c7c8ccccc8ccc7c7ccccc7c64)CCC=C5)cc3)NC(c3cccc(-c4ccccc4)c3)=C2)=C1. The largest absolute Gasteiger partial charge is 0.374 e. The van der Waals surface area contributed by atoms with Crippen LogP contribution in [0.3, 0.4) is 0 Å². The third-order valence-corrected chi connectivity index (χ3v) is 11.9. The second-order valence-electron chi connectivity index (χ2n) is 15.1. The summed E-state index contributed by atoms with van der Waals surface area (Å²) in [4.78, 5) is 0. The molecule has 0 saturated heterocycles. The first-order valence-electron chi connectivity index (χ1n) is 19.7. The van der Waals surface area contributed by atoms with Crippen LogP contribution in [0, 0.1) is 0 Å². The molecule has 7 aromatic carbocycles. The summed E-state index contributed by atoms with van der Waals surface area (Å²) in [6.07, 6.45) is 20.5. The first-order valence-corrected chi connectivity index (χ1v) is 19.7. The van der Waals surface area contributed by atoms with Crippen molar-refractivity contribution in [2.24, 2.45) is 0 Å². The van der Waals surface area contributed by atoms with Gasteiger partial charge in [-0.05, 0) is 122 Å². The Kier molecular flexibility index (Phi) is 7.55. The molecule has 0 saturated carbocycles. The molecule has 0 spiro atoms. The van der Waals surface area contributed by atoms with Crippen LogP contribution in [0.1, 0.15) is 47.7 Å². The summed E-state index contributed by atoms with van der Waals surface area (Å²) < 4.78 is 2.54. The highest BCUT2D eigenvalue weighted by atomic mass is 15.0. The number of nitrogens with zero attached hydrogens (tertiary/aromatic N) is 1. The number of fused-ring (bicyclic) bond motifs is 10. The van der Waals surface area contributed by atoms with Crippen molar-refractivity contribution in [3.63, 3.8) is 0 Å². The molecule has 1 aliphatic heterocycles. The summed E-state index contributed by atoms with van der Waals surface area (Å²) in [5.41, 5.74) is 14.0. The van der Waals surface area contributed by atoms with Gasteiger partial charge in [0.25, 0.3) is 0 Å². The average Bonchev–Trinajstić information content (AvgIpc) is 3.62. The highest BCUT2D eigenvalue weighted by molar-refractivity contribution is 6.32. The molecule has 0 radical (unpaired) electrons. The van der Waals surface area contributed by atoms with Crippen LogP contribution in [0.25, 0.3) is 71.8 Å². The lowest BCUT2D eigenvalue weighted by Gasteiger charge is -2.27. The van der Waals surface area contributed by atoms with E-state index in [2.05, 4.69) is 192 Å². The smallest absolute Gasteiger partial charge is 0.0707 e. The molecule has 0 amide bonds. The van der Waals surface area contributed by atoms with Gasteiger partial charge in [-0.1, -0.05) is 152 Å². The van der Waals surface area contributed by atoms with Crippen LogP contribution in [0.4, 0.5) is 0 Å². The Morgan fingerprint density at radius 1 is 0.582 bits per heavy atom. The molecule has 3 aliphatic rings. The maximum absolute atomic E-state index is 3.95. The van der Waals surface area contributed by atoms with Crippen molar-refractivity contribution in [1.29, 1.82) is 0 Å². The van der Waals surface area contributed by atoms with E-state index in [1.165, 1.54) is 93.6 Å². The molecule has 2 heteroatoms. The quantitative estimate of drug-likeness (QED) is 0.177. The van der Waals surface area contributed by atoms with Gasteiger partial charge in [-0.15, -0.1) is 0 Å². The number of nitrogens with one attached hydrogen (secondary N) is 1. The van der Waals surface area contributed by atoms with Crippen LogP contribution in [0.2, 0.25) is 0 Å². The van der Waals surface area contributed by atoms with Crippen molar-refractivity contribution in [1.82, 2.24) is 9.88 Å². The minimum atomic E-state index is 0.0302. The van der Waals surface area contributed by atoms with Crippen LogP contribution in [-0.2, 0) is 6.42 Å². The van der Waals surface area contributed by atoms with Crippen LogP contribution < -0.4 is 5.32 Å². The molecule has 55 heavy (non-hydrogen) atoms. The van der Waals surface area contributed by atoms with Crippen molar-refractivity contribution in [2.75, 3.05) is 0 Å². The third kappa shape index (κ3) is 5.32. The molecule has 1 aromatic heterocycles. The molecule has 0 bridgehead atoms.